The predicted molar refractivity (Wildman–Crippen MR) is 126 cm³/mol. The monoisotopic (exact) mass is 446 g/mol. The summed E-state index contributed by atoms with van der Waals surface area (Å²) < 4.78 is 34.1. The van der Waals surface area contributed by atoms with E-state index in [1.807, 2.05) is 51.4 Å². The molecule has 3 aromatic rings. The molecule has 0 atom stereocenters. The summed E-state index contributed by atoms with van der Waals surface area (Å²) in [4.78, 5) is 3.40. The molecule has 0 saturated carbocycles. The smallest absolute Gasteiger partial charge is 0.268 e. The van der Waals surface area contributed by atoms with Crippen molar-refractivity contribution in [2.75, 3.05) is 33.5 Å². The summed E-state index contributed by atoms with van der Waals surface area (Å²) in [6.45, 7) is 6.98. The van der Waals surface area contributed by atoms with Crippen molar-refractivity contribution < 1.29 is 13.2 Å². The van der Waals surface area contributed by atoms with Crippen LogP contribution >= 0.6 is 11.8 Å². The lowest BCUT2D eigenvalue weighted by Crippen LogP contribution is -2.15. The highest BCUT2D eigenvalue weighted by atomic mass is 32.2. The Labute approximate surface area is 184 Å². The minimum Gasteiger partial charge on any atom is -0.497 e. The first-order valence-corrected chi connectivity index (χ1v) is 12.4. The molecule has 30 heavy (non-hydrogen) atoms. The summed E-state index contributed by atoms with van der Waals surface area (Å²) in [6.07, 6.45) is 0. The molecule has 0 saturated heterocycles. The van der Waals surface area contributed by atoms with Gasteiger partial charge in [-0.05, 0) is 62.8 Å². The van der Waals surface area contributed by atoms with Crippen LogP contribution in [0.5, 0.6) is 5.75 Å². The van der Waals surface area contributed by atoms with Gasteiger partial charge in [0.25, 0.3) is 10.0 Å². The Bertz CT molecular complexity index is 1130. The van der Waals surface area contributed by atoms with E-state index in [1.165, 1.54) is 3.97 Å². The first-order valence-electron chi connectivity index (χ1n) is 9.99. The fourth-order valence-electron chi connectivity index (χ4n) is 3.42. The Kier molecular flexibility index (Phi) is 6.84. The van der Waals surface area contributed by atoms with Crippen molar-refractivity contribution >= 4 is 32.7 Å². The Morgan fingerprint density at radius 1 is 1.10 bits per heavy atom. The third-order valence-corrected chi connectivity index (χ3v) is 8.18. The van der Waals surface area contributed by atoms with Crippen molar-refractivity contribution in [2.24, 2.45) is 0 Å². The van der Waals surface area contributed by atoms with Gasteiger partial charge in [0.05, 0.1) is 17.5 Å². The van der Waals surface area contributed by atoms with Crippen LogP contribution in [0.2, 0.25) is 0 Å². The predicted octanol–water partition coefficient (Wildman–Crippen LogP) is 4.97. The van der Waals surface area contributed by atoms with Gasteiger partial charge >= 0.3 is 0 Å². The van der Waals surface area contributed by atoms with Crippen LogP contribution < -0.4 is 4.74 Å². The van der Waals surface area contributed by atoms with Crippen molar-refractivity contribution in [2.45, 2.75) is 36.5 Å². The van der Waals surface area contributed by atoms with E-state index < -0.39 is 10.0 Å². The van der Waals surface area contributed by atoms with Gasteiger partial charge < -0.3 is 9.64 Å². The van der Waals surface area contributed by atoms with Crippen LogP contribution in [0, 0.1) is 6.92 Å². The molecule has 0 amide bonds. The van der Waals surface area contributed by atoms with Crippen LogP contribution in [0.25, 0.3) is 10.9 Å². The molecule has 1 aromatic heterocycles. The van der Waals surface area contributed by atoms with E-state index >= 15 is 0 Å². The number of benzene rings is 2. The van der Waals surface area contributed by atoms with E-state index in [-0.39, 0.29) is 0 Å². The third kappa shape index (κ3) is 4.38. The highest BCUT2D eigenvalue weighted by molar-refractivity contribution is 7.99. The second kappa shape index (κ2) is 9.04. The molecule has 0 spiro atoms. The van der Waals surface area contributed by atoms with Crippen molar-refractivity contribution in [1.29, 1.82) is 0 Å². The lowest BCUT2D eigenvalue weighted by Gasteiger charge is -2.12. The van der Waals surface area contributed by atoms with Gasteiger partial charge in [-0.3, -0.25) is 0 Å². The van der Waals surface area contributed by atoms with Crippen LogP contribution in [0.1, 0.15) is 31.0 Å². The SMILES string of the molecule is COc1ccc2c(c1)c(SCCN(C)C)c(C)n2S(=O)(=O)c1ccc(C(C)C)cc1. The molecular weight excluding hydrogens is 416 g/mol. The van der Waals surface area contributed by atoms with Crippen LogP contribution in [-0.4, -0.2) is 50.8 Å². The molecule has 1 heterocycles. The number of methoxy groups -OCH3 is 1. The normalized spacial score (nSPS) is 12.3. The molecule has 0 radical (unpaired) electrons. The summed E-state index contributed by atoms with van der Waals surface area (Å²) in [5, 5.41) is 0.901. The first kappa shape index (κ1) is 22.7. The van der Waals surface area contributed by atoms with E-state index in [1.54, 1.807) is 31.0 Å². The minimum atomic E-state index is -3.73. The van der Waals surface area contributed by atoms with Gasteiger partial charge in [0, 0.05) is 28.3 Å². The average molecular weight is 447 g/mol. The highest BCUT2D eigenvalue weighted by Gasteiger charge is 2.25. The molecule has 0 unspecified atom stereocenters. The fraction of sp³-hybridized carbons (Fsp3) is 0.391. The number of hydrogen-bond acceptors (Lipinski definition) is 5. The number of rotatable bonds is 8. The van der Waals surface area contributed by atoms with Gasteiger partial charge in [-0.15, -0.1) is 11.8 Å². The quantitative estimate of drug-likeness (QED) is 0.457. The molecule has 162 valence electrons. The summed E-state index contributed by atoms with van der Waals surface area (Å²) in [7, 11) is 1.96. The molecular formula is C23H30N2O3S2. The maximum atomic E-state index is 13.6. The minimum absolute atomic E-state index is 0.299. The zero-order chi connectivity index (χ0) is 22.1. The average Bonchev–Trinajstić information content (AvgIpc) is 2.99. The number of hydrogen-bond donors (Lipinski definition) is 0. The molecule has 7 heteroatoms. The second-order valence-corrected chi connectivity index (χ2v) is 10.8. The molecule has 0 aliphatic rings. The zero-order valence-electron chi connectivity index (χ0n) is 18.5. The Balaban J connectivity index is 2.15. The van der Waals surface area contributed by atoms with E-state index in [9.17, 15) is 8.42 Å². The van der Waals surface area contributed by atoms with E-state index in [0.717, 1.165) is 33.8 Å². The lowest BCUT2D eigenvalue weighted by molar-refractivity contribution is 0.415. The number of fused-ring (bicyclic) bond motifs is 1. The molecule has 0 fully saturated rings. The number of ether oxygens (including phenoxy) is 1. The van der Waals surface area contributed by atoms with Crippen LogP contribution in [0.4, 0.5) is 0 Å². The van der Waals surface area contributed by atoms with Crippen molar-refractivity contribution in [3.05, 3.63) is 53.7 Å². The van der Waals surface area contributed by atoms with Crippen LogP contribution in [0.3, 0.4) is 0 Å². The van der Waals surface area contributed by atoms with Crippen LogP contribution in [0.15, 0.2) is 52.3 Å². The van der Waals surface area contributed by atoms with Gasteiger partial charge in [-0.25, -0.2) is 12.4 Å². The number of aromatic nitrogens is 1. The largest absolute Gasteiger partial charge is 0.497 e. The summed E-state index contributed by atoms with van der Waals surface area (Å²) in [5.74, 6) is 1.93. The molecule has 0 bridgehead atoms. The molecule has 2 aromatic carbocycles. The van der Waals surface area contributed by atoms with Crippen LogP contribution in [-0.2, 0) is 10.0 Å². The topological polar surface area (TPSA) is 51.5 Å². The molecule has 3 rings (SSSR count). The molecule has 0 aliphatic heterocycles. The molecule has 5 nitrogen and oxygen atoms in total. The van der Waals surface area contributed by atoms with Gasteiger partial charge in [-0.2, -0.15) is 0 Å². The Morgan fingerprint density at radius 3 is 2.33 bits per heavy atom. The third-order valence-electron chi connectivity index (χ3n) is 5.17. The number of nitrogens with zero attached hydrogens (tertiary/aromatic N) is 2. The maximum absolute atomic E-state index is 13.6. The lowest BCUT2D eigenvalue weighted by atomic mass is 10.0. The summed E-state index contributed by atoms with van der Waals surface area (Å²) in [5.41, 5.74) is 2.52. The van der Waals surface area contributed by atoms with Gasteiger partial charge in [0.15, 0.2) is 0 Å². The number of thioether (sulfide) groups is 1. The van der Waals surface area contributed by atoms with E-state index in [2.05, 4.69) is 18.7 Å². The maximum Gasteiger partial charge on any atom is 0.268 e. The summed E-state index contributed by atoms with van der Waals surface area (Å²) >= 11 is 1.68. The second-order valence-electron chi connectivity index (χ2n) is 7.94. The van der Waals surface area contributed by atoms with Gasteiger partial charge in [0.2, 0.25) is 0 Å². The van der Waals surface area contributed by atoms with Gasteiger partial charge in [-0.1, -0.05) is 26.0 Å². The molecule has 0 aliphatic carbocycles. The first-order chi connectivity index (χ1) is 14.2. The standard InChI is InChI=1S/C23H30N2O3S2/c1-16(2)18-7-10-20(11-8-18)30(26,27)25-17(3)23(29-14-13-24(4)5)21-15-19(28-6)9-12-22(21)25/h7-12,15-16H,13-14H2,1-6H3. The van der Waals surface area contributed by atoms with E-state index in [4.69, 9.17) is 4.74 Å². The van der Waals surface area contributed by atoms with Crippen molar-refractivity contribution in [3.8, 4) is 5.75 Å². The summed E-state index contributed by atoms with van der Waals surface area (Å²) in [6, 6.07) is 12.8. The van der Waals surface area contributed by atoms with Crippen molar-refractivity contribution in [1.82, 2.24) is 8.87 Å². The molecule has 0 N–H and O–H groups in total. The van der Waals surface area contributed by atoms with E-state index in [0.29, 0.717) is 22.1 Å². The fourth-order valence-corrected chi connectivity index (χ4v) is 6.32. The Morgan fingerprint density at radius 2 is 1.77 bits per heavy atom. The zero-order valence-corrected chi connectivity index (χ0v) is 20.1. The van der Waals surface area contributed by atoms with Crippen molar-refractivity contribution in [3.63, 3.8) is 0 Å². The van der Waals surface area contributed by atoms with Gasteiger partial charge in [0.1, 0.15) is 5.75 Å². The highest BCUT2D eigenvalue weighted by Crippen LogP contribution is 2.38. The Hall–Kier alpha value is -1.96.